The van der Waals surface area contributed by atoms with Gasteiger partial charge in [0.1, 0.15) is 6.61 Å². The number of benzene rings is 4. The standard InChI is InChI=1S/C25H35N3O.C21H26N2O2.ClH/c1-26-24(16-15-21-10-5-3-6-11-21)25(29)28-18-9-14-23(28)20-27(2)19-17-22-12-7-4-8-13-22;24-21(25-17-19-10-5-2-6-11-19)23(16-20-12-7-14-22-20)15-13-18-8-3-1-4-9-18;/h3-8,10-13,23-24,26H,9,14-20H2,1-2H3;1-6,8-11,20,22H,7,12-17H2;1H/t23-,24-;20-;/m00./s1. The van der Waals surface area contributed by atoms with Crippen LogP contribution in [0, 0.1) is 0 Å². The molecule has 0 saturated carbocycles. The highest BCUT2D eigenvalue weighted by molar-refractivity contribution is 5.85. The molecule has 2 N–H and O–H groups in total. The van der Waals surface area contributed by atoms with Gasteiger partial charge in [0.05, 0.1) is 6.04 Å². The van der Waals surface area contributed by atoms with Crippen LogP contribution in [0.2, 0.25) is 0 Å². The van der Waals surface area contributed by atoms with Crippen molar-refractivity contribution >= 4 is 24.4 Å². The van der Waals surface area contributed by atoms with Gasteiger partial charge in [-0.2, -0.15) is 0 Å². The number of carbonyl (C=O) groups excluding carboxylic acids is 2. The van der Waals surface area contributed by atoms with Gasteiger partial charge in [0.25, 0.3) is 0 Å². The molecule has 0 unspecified atom stereocenters. The van der Waals surface area contributed by atoms with Crippen LogP contribution in [0.4, 0.5) is 4.79 Å². The minimum absolute atomic E-state index is 0. The highest BCUT2D eigenvalue weighted by Gasteiger charge is 2.33. The van der Waals surface area contributed by atoms with E-state index in [-0.39, 0.29) is 30.4 Å². The lowest BCUT2D eigenvalue weighted by Crippen LogP contribution is -2.50. The minimum atomic E-state index is -0.228. The zero-order valence-corrected chi connectivity index (χ0v) is 33.7. The van der Waals surface area contributed by atoms with Crippen LogP contribution in [0.3, 0.4) is 0 Å². The fourth-order valence-corrected chi connectivity index (χ4v) is 7.43. The number of hydrogen-bond acceptors (Lipinski definition) is 6. The largest absolute Gasteiger partial charge is 0.445 e. The lowest BCUT2D eigenvalue weighted by atomic mass is 10.0. The molecule has 9 heteroatoms. The van der Waals surface area contributed by atoms with Crippen molar-refractivity contribution in [1.29, 1.82) is 0 Å². The average Bonchev–Trinajstić information content (AvgIpc) is 3.92. The summed E-state index contributed by atoms with van der Waals surface area (Å²) in [6, 6.07) is 41.8. The number of nitrogens with one attached hydrogen (secondary N) is 2. The monoisotopic (exact) mass is 767 g/mol. The van der Waals surface area contributed by atoms with Crippen molar-refractivity contribution in [1.82, 2.24) is 25.3 Å². The second-order valence-corrected chi connectivity index (χ2v) is 14.7. The molecule has 2 heterocycles. The van der Waals surface area contributed by atoms with E-state index in [0.717, 1.165) is 76.7 Å². The molecule has 0 aromatic heterocycles. The van der Waals surface area contributed by atoms with Gasteiger partial charge in [-0.3, -0.25) is 4.79 Å². The van der Waals surface area contributed by atoms with E-state index in [1.807, 2.05) is 66.5 Å². The number of amides is 2. The SMILES string of the molecule is CN[C@@H](CCc1ccccc1)C(=O)N1CCC[C@H]1CN(C)CCc1ccccc1.Cl.O=C(OCc1ccccc1)N(CCc1ccccc1)C[C@@H]1CCCN1. The third-order valence-corrected chi connectivity index (χ3v) is 10.6. The van der Waals surface area contributed by atoms with Gasteiger partial charge in [-0.1, -0.05) is 121 Å². The summed E-state index contributed by atoms with van der Waals surface area (Å²) in [4.78, 5) is 32.2. The number of likely N-dealkylation sites (tertiary alicyclic amines) is 1. The van der Waals surface area contributed by atoms with E-state index in [1.165, 1.54) is 23.1 Å². The molecule has 55 heavy (non-hydrogen) atoms. The first-order valence-electron chi connectivity index (χ1n) is 20.0. The lowest BCUT2D eigenvalue weighted by molar-refractivity contribution is -0.134. The van der Waals surface area contributed by atoms with Gasteiger partial charge in [-0.15, -0.1) is 12.4 Å². The number of aryl methyl sites for hydroxylation is 1. The molecular weight excluding hydrogens is 706 g/mol. The summed E-state index contributed by atoms with van der Waals surface area (Å²) in [6.45, 7) is 5.60. The predicted molar refractivity (Wildman–Crippen MR) is 227 cm³/mol. The Kier molecular flexibility index (Phi) is 19.3. The molecule has 6 rings (SSSR count). The van der Waals surface area contributed by atoms with E-state index in [9.17, 15) is 9.59 Å². The molecule has 0 bridgehead atoms. The van der Waals surface area contributed by atoms with Gasteiger partial charge < -0.3 is 30.1 Å². The smallest absolute Gasteiger partial charge is 0.410 e. The summed E-state index contributed by atoms with van der Waals surface area (Å²) in [5, 5.41) is 6.73. The Morgan fingerprint density at radius 3 is 1.84 bits per heavy atom. The van der Waals surface area contributed by atoms with Gasteiger partial charge in [-0.25, -0.2) is 4.79 Å². The summed E-state index contributed by atoms with van der Waals surface area (Å²) in [5.41, 5.74) is 4.91. The van der Waals surface area contributed by atoms with Crippen LogP contribution in [-0.2, 0) is 35.4 Å². The maximum Gasteiger partial charge on any atom is 0.410 e. The Morgan fingerprint density at radius 1 is 0.745 bits per heavy atom. The van der Waals surface area contributed by atoms with Crippen LogP contribution in [0.5, 0.6) is 0 Å². The molecule has 2 saturated heterocycles. The quantitative estimate of drug-likeness (QED) is 0.117. The molecule has 3 atom stereocenters. The predicted octanol–water partition coefficient (Wildman–Crippen LogP) is 7.41. The van der Waals surface area contributed by atoms with Crippen LogP contribution in [0.15, 0.2) is 121 Å². The number of nitrogens with zero attached hydrogens (tertiary/aromatic N) is 3. The summed E-state index contributed by atoms with van der Waals surface area (Å²) in [7, 11) is 4.08. The number of hydrogen-bond donors (Lipinski definition) is 2. The number of likely N-dealkylation sites (N-methyl/N-ethyl adjacent to an activating group) is 2. The fourth-order valence-electron chi connectivity index (χ4n) is 7.43. The molecule has 8 nitrogen and oxygen atoms in total. The maximum absolute atomic E-state index is 13.2. The van der Waals surface area contributed by atoms with Gasteiger partial charge in [0.2, 0.25) is 5.91 Å². The van der Waals surface area contributed by atoms with Crippen molar-refractivity contribution in [2.75, 3.05) is 53.4 Å². The first-order valence-corrected chi connectivity index (χ1v) is 20.0. The van der Waals surface area contributed by atoms with Crippen LogP contribution in [0.1, 0.15) is 54.4 Å². The topological polar surface area (TPSA) is 77.2 Å². The molecular formula is C46H62ClN5O3. The number of ether oxygens (including phenoxy) is 1. The Balaban J connectivity index is 0.000000243. The Labute approximate surface area is 336 Å². The summed E-state index contributed by atoms with van der Waals surface area (Å²) in [5.74, 6) is 0.266. The van der Waals surface area contributed by atoms with E-state index < -0.39 is 0 Å². The Bertz CT molecular complexity index is 1630. The molecule has 0 spiro atoms. The Morgan fingerprint density at radius 2 is 1.29 bits per heavy atom. The zero-order chi connectivity index (χ0) is 37.8. The van der Waals surface area contributed by atoms with Crippen molar-refractivity contribution in [3.8, 4) is 0 Å². The number of rotatable bonds is 17. The highest BCUT2D eigenvalue weighted by Crippen LogP contribution is 2.21. The summed E-state index contributed by atoms with van der Waals surface area (Å²) >= 11 is 0. The van der Waals surface area contributed by atoms with Gasteiger partial charge >= 0.3 is 6.09 Å². The van der Waals surface area contributed by atoms with Crippen molar-refractivity contribution in [2.45, 2.75) is 76.1 Å². The molecule has 296 valence electrons. The van der Waals surface area contributed by atoms with Crippen molar-refractivity contribution in [3.05, 3.63) is 144 Å². The third-order valence-electron chi connectivity index (χ3n) is 10.6. The second-order valence-electron chi connectivity index (χ2n) is 14.7. The van der Waals surface area contributed by atoms with Crippen LogP contribution in [-0.4, -0.2) is 98.2 Å². The van der Waals surface area contributed by atoms with Crippen molar-refractivity contribution in [3.63, 3.8) is 0 Å². The summed E-state index contributed by atoms with van der Waals surface area (Å²) in [6.07, 6.45) is 7.94. The van der Waals surface area contributed by atoms with E-state index >= 15 is 0 Å². The third kappa shape index (κ3) is 15.1. The van der Waals surface area contributed by atoms with E-state index in [1.54, 1.807) is 0 Å². The fraction of sp³-hybridized carbons (Fsp3) is 0.435. The minimum Gasteiger partial charge on any atom is -0.445 e. The first kappa shape index (κ1) is 43.5. The van der Waals surface area contributed by atoms with Crippen molar-refractivity contribution in [2.24, 2.45) is 0 Å². The van der Waals surface area contributed by atoms with E-state index in [0.29, 0.717) is 31.8 Å². The molecule has 2 aliphatic rings. The molecule has 0 aliphatic carbocycles. The highest BCUT2D eigenvalue weighted by atomic mass is 35.5. The first-order chi connectivity index (χ1) is 26.5. The van der Waals surface area contributed by atoms with Crippen LogP contribution in [0.25, 0.3) is 0 Å². The molecule has 2 amide bonds. The zero-order valence-electron chi connectivity index (χ0n) is 32.9. The number of halogens is 1. The van der Waals surface area contributed by atoms with Gasteiger partial charge in [0, 0.05) is 44.8 Å². The second kappa shape index (κ2) is 24.3. The van der Waals surface area contributed by atoms with Gasteiger partial charge in [0.15, 0.2) is 0 Å². The molecule has 4 aromatic rings. The molecule has 2 aliphatic heterocycles. The lowest BCUT2D eigenvalue weighted by Gasteiger charge is -2.31. The van der Waals surface area contributed by atoms with E-state index in [2.05, 4.69) is 94.2 Å². The molecule has 2 fully saturated rings. The van der Waals surface area contributed by atoms with Crippen molar-refractivity contribution < 1.29 is 14.3 Å². The summed E-state index contributed by atoms with van der Waals surface area (Å²) < 4.78 is 5.55. The van der Waals surface area contributed by atoms with Gasteiger partial charge in [-0.05, 0) is 94.3 Å². The van der Waals surface area contributed by atoms with E-state index in [4.69, 9.17) is 4.74 Å². The average molecular weight is 768 g/mol. The maximum atomic E-state index is 13.2. The Hall–Kier alpha value is -4.21. The molecule has 0 radical (unpaired) electrons. The normalized spacial score (nSPS) is 16.8. The van der Waals surface area contributed by atoms with Crippen LogP contribution < -0.4 is 10.6 Å². The number of carbonyl (C=O) groups is 2. The molecule has 4 aromatic carbocycles. The van der Waals surface area contributed by atoms with Crippen LogP contribution >= 0.6 is 12.4 Å².